The van der Waals surface area contributed by atoms with E-state index >= 15 is 0 Å². The minimum atomic E-state index is -0.194. The van der Waals surface area contributed by atoms with Gasteiger partial charge in [0.2, 0.25) is 5.91 Å². The van der Waals surface area contributed by atoms with E-state index in [4.69, 9.17) is 10.00 Å². The Bertz CT molecular complexity index is 489. The first-order chi connectivity index (χ1) is 9.24. The van der Waals surface area contributed by atoms with Crippen LogP contribution in [0.5, 0.6) is 0 Å². The maximum absolute atomic E-state index is 11.6. The van der Waals surface area contributed by atoms with Crippen molar-refractivity contribution in [2.24, 2.45) is 5.92 Å². The monoisotopic (exact) mass is 258 g/mol. The molecule has 1 atom stereocenters. The summed E-state index contributed by atoms with van der Waals surface area (Å²) in [7, 11) is 0. The van der Waals surface area contributed by atoms with Crippen molar-refractivity contribution in [2.75, 3.05) is 13.2 Å². The van der Waals surface area contributed by atoms with Crippen LogP contribution in [0.4, 0.5) is 0 Å². The van der Waals surface area contributed by atoms with Crippen LogP contribution in [0.25, 0.3) is 0 Å². The summed E-state index contributed by atoms with van der Waals surface area (Å²) in [4.78, 5) is 11.6. The molecule has 0 aromatic heterocycles. The second-order valence-electron chi connectivity index (χ2n) is 4.70. The molecule has 0 spiro atoms. The van der Waals surface area contributed by atoms with Crippen LogP contribution in [0.15, 0.2) is 24.3 Å². The van der Waals surface area contributed by atoms with Gasteiger partial charge in [-0.2, -0.15) is 5.26 Å². The standard InChI is InChI=1S/C15H18N2O2/c1-2-19-14(10-17-15(18)12-6-7-12)13-5-3-4-11(8-13)9-16/h3-5,8,12,14H,2,6-7,10H2,1H3,(H,17,18). The van der Waals surface area contributed by atoms with Crippen molar-refractivity contribution in [3.63, 3.8) is 0 Å². The molecule has 1 amide bonds. The first kappa shape index (κ1) is 13.6. The summed E-state index contributed by atoms with van der Waals surface area (Å²) >= 11 is 0. The second-order valence-corrected chi connectivity index (χ2v) is 4.70. The number of benzene rings is 1. The third-order valence-electron chi connectivity index (χ3n) is 3.17. The van der Waals surface area contributed by atoms with Gasteiger partial charge in [-0.25, -0.2) is 0 Å². The summed E-state index contributed by atoms with van der Waals surface area (Å²) in [5, 5.41) is 11.8. The Morgan fingerprint density at radius 1 is 1.58 bits per heavy atom. The normalized spacial score (nSPS) is 15.6. The summed E-state index contributed by atoms with van der Waals surface area (Å²) in [5.41, 5.74) is 1.53. The van der Waals surface area contributed by atoms with E-state index in [-0.39, 0.29) is 17.9 Å². The molecule has 100 valence electrons. The molecule has 0 heterocycles. The smallest absolute Gasteiger partial charge is 0.223 e. The summed E-state index contributed by atoms with van der Waals surface area (Å²) < 4.78 is 5.65. The molecule has 4 heteroatoms. The molecule has 1 aromatic rings. The van der Waals surface area contributed by atoms with Crippen molar-refractivity contribution in [1.29, 1.82) is 5.26 Å². The van der Waals surface area contributed by atoms with Crippen LogP contribution in [-0.2, 0) is 9.53 Å². The lowest BCUT2D eigenvalue weighted by Gasteiger charge is -2.18. The molecular weight excluding hydrogens is 240 g/mol. The van der Waals surface area contributed by atoms with Gasteiger partial charge in [0.05, 0.1) is 17.7 Å². The summed E-state index contributed by atoms with van der Waals surface area (Å²) in [5.74, 6) is 0.314. The highest BCUT2D eigenvalue weighted by atomic mass is 16.5. The van der Waals surface area contributed by atoms with Gasteiger partial charge in [0, 0.05) is 19.1 Å². The molecule has 1 unspecified atom stereocenters. The topological polar surface area (TPSA) is 62.1 Å². The molecule has 4 nitrogen and oxygen atoms in total. The van der Waals surface area contributed by atoms with Crippen molar-refractivity contribution in [2.45, 2.75) is 25.9 Å². The van der Waals surface area contributed by atoms with Gasteiger partial charge < -0.3 is 10.1 Å². The van der Waals surface area contributed by atoms with E-state index in [0.717, 1.165) is 18.4 Å². The third kappa shape index (κ3) is 3.80. The lowest BCUT2D eigenvalue weighted by molar-refractivity contribution is -0.123. The van der Waals surface area contributed by atoms with Crippen molar-refractivity contribution in [3.05, 3.63) is 35.4 Å². The quantitative estimate of drug-likeness (QED) is 0.850. The lowest BCUT2D eigenvalue weighted by atomic mass is 10.1. The Balaban J connectivity index is 2.01. The second kappa shape index (κ2) is 6.35. The van der Waals surface area contributed by atoms with E-state index in [1.54, 1.807) is 6.07 Å². The highest BCUT2D eigenvalue weighted by Gasteiger charge is 2.29. The van der Waals surface area contributed by atoms with Crippen LogP contribution in [0.2, 0.25) is 0 Å². The number of nitriles is 1. The van der Waals surface area contributed by atoms with Crippen LogP contribution in [-0.4, -0.2) is 19.1 Å². The van der Waals surface area contributed by atoms with Gasteiger partial charge in [-0.05, 0) is 37.5 Å². The zero-order valence-corrected chi connectivity index (χ0v) is 11.1. The van der Waals surface area contributed by atoms with Gasteiger partial charge in [0.25, 0.3) is 0 Å². The largest absolute Gasteiger partial charge is 0.372 e. The number of hydrogen-bond acceptors (Lipinski definition) is 3. The summed E-state index contributed by atoms with van der Waals surface area (Å²) in [6, 6.07) is 9.44. The van der Waals surface area contributed by atoms with Crippen LogP contribution >= 0.6 is 0 Å². The Labute approximate surface area is 113 Å². The van der Waals surface area contributed by atoms with E-state index in [1.807, 2.05) is 25.1 Å². The molecule has 1 fully saturated rings. The fourth-order valence-corrected chi connectivity index (χ4v) is 1.97. The molecule has 0 bridgehead atoms. The Morgan fingerprint density at radius 2 is 2.37 bits per heavy atom. The molecule has 1 aromatic carbocycles. The maximum atomic E-state index is 11.6. The van der Waals surface area contributed by atoms with Gasteiger partial charge in [0.1, 0.15) is 0 Å². The van der Waals surface area contributed by atoms with Crippen LogP contribution < -0.4 is 5.32 Å². The van der Waals surface area contributed by atoms with E-state index < -0.39 is 0 Å². The molecule has 0 radical (unpaired) electrons. The molecule has 19 heavy (non-hydrogen) atoms. The van der Waals surface area contributed by atoms with Gasteiger partial charge in [-0.1, -0.05) is 12.1 Å². The minimum absolute atomic E-state index is 0.112. The van der Waals surface area contributed by atoms with Crippen molar-refractivity contribution in [1.82, 2.24) is 5.32 Å². The molecule has 1 aliphatic rings. The Hall–Kier alpha value is -1.86. The Morgan fingerprint density at radius 3 is 3.00 bits per heavy atom. The van der Waals surface area contributed by atoms with Crippen LogP contribution in [0.3, 0.4) is 0 Å². The number of nitrogens with one attached hydrogen (secondary N) is 1. The van der Waals surface area contributed by atoms with E-state index in [1.165, 1.54) is 0 Å². The number of ether oxygens (including phenoxy) is 1. The number of carbonyl (C=O) groups is 1. The maximum Gasteiger partial charge on any atom is 0.223 e. The molecule has 2 rings (SSSR count). The number of rotatable bonds is 6. The first-order valence-electron chi connectivity index (χ1n) is 6.64. The average molecular weight is 258 g/mol. The molecular formula is C15H18N2O2. The predicted octanol–water partition coefficient (Wildman–Crippen LogP) is 2.16. The highest BCUT2D eigenvalue weighted by molar-refractivity contribution is 5.80. The van der Waals surface area contributed by atoms with Gasteiger partial charge >= 0.3 is 0 Å². The average Bonchev–Trinajstić information content (AvgIpc) is 3.27. The Kier molecular flexibility index (Phi) is 4.53. The van der Waals surface area contributed by atoms with Gasteiger partial charge in [-0.15, -0.1) is 0 Å². The van der Waals surface area contributed by atoms with Crippen LogP contribution in [0.1, 0.15) is 37.0 Å². The van der Waals surface area contributed by atoms with E-state index in [2.05, 4.69) is 11.4 Å². The number of carbonyl (C=O) groups excluding carboxylic acids is 1. The summed E-state index contributed by atoms with van der Waals surface area (Å²) in [6.45, 7) is 2.95. The van der Waals surface area contributed by atoms with E-state index in [0.29, 0.717) is 18.7 Å². The zero-order chi connectivity index (χ0) is 13.7. The third-order valence-corrected chi connectivity index (χ3v) is 3.17. The molecule has 1 N–H and O–H groups in total. The van der Waals surface area contributed by atoms with Crippen LogP contribution in [0, 0.1) is 17.2 Å². The van der Waals surface area contributed by atoms with Crippen molar-refractivity contribution in [3.8, 4) is 6.07 Å². The summed E-state index contributed by atoms with van der Waals surface area (Å²) in [6.07, 6.45) is 1.80. The molecule has 0 saturated heterocycles. The zero-order valence-electron chi connectivity index (χ0n) is 11.1. The molecule has 1 saturated carbocycles. The first-order valence-corrected chi connectivity index (χ1v) is 6.64. The fourth-order valence-electron chi connectivity index (χ4n) is 1.97. The highest BCUT2D eigenvalue weighted by Crippen LogP contribution is 2.29. The number of nitrogens with zero attached hydrogens (tertiary/aromatic N) is 1. The van der Waals surface area contributed by atoms with Gasteiger partial charge in [-0.3, -0.25) is 4.79 Å². The lowest BCUT2D eigenvalue weighted by Crippen LogP contribution is -2.30. The minimum Gasteiger partial charge on any atom is -0.372 e. The fraction of sp³-hybridized carbons (Fsp3) is 0.467. The molecule has 1 aliphatic carbocycles. The molecule has 0 aliphatic heterocycles. The number of hydrogen-bond donors (Lipinski definition) is 1. The van der Waals surface area contributed by atoms with Gasteiger partial charge in [0.15, 0.2) is 0 Å². The van der Waals surface area contributed by atoms with E-state index in [9.17, 15) is 4.79 Å². The predicted molar refractivity (Wildman–Crippen MR) is 71.3 cm³/mol. The van der Waals surface area contributed by atoms with Crippen molar-refractivity contribution < 1.29 is 9.53 Å². The van der Waals surface area contributed by atoms with Crippen molar-refractivity contribution >= 4 is 5.91 Å². The SMILES string of the molecule is CCOC(CNC(=O)C1CC1)c1cccc(C#N)c1. The number of amides is 1.